The highest BCUT2D eigenvalue weighted by Gasteiger charge is 2.27. The second-order valence-electron chi connectivity index (χ2n) is 13.3. The van der Waals surface area contributed by atoms with E-state index in [2.05, 4.69) is 55.6 Å². The van der Waals surface area contributed by atoms with Gasteiger partial charge in [0, 0.05) is 0 Å². The van der Waals surface area contributed by atoms with Gasteiger partial charge in [-0.05, 0) is 70.6 Å². The number of hydrogen-bond acceptors (Lipinski definition) is 5. The van der Waals surface area contributed by atoms with Crippen molar-refractivity contribution in [3.8, 4) is 0 Å². The molecule has 4 N–H and O–H groups in total. The van der Waals surface area contributed by atoms with Crippen LogP contribution < -0.4 is 5.32 Å². The van der Waals surface area contributed by atoms with Gasteiger partial charge in [0.05, 0.1) is 17.9 Å². The Kier molecular flexibility index (Phi) is 32.5. The minimum Gasteiger partial charge on any atom is -0.387 e. The SMILES string of the molecule is CCCCC/C=C/CC/C=C/CC/C=C/C(O)C(CS(=O)(=O)O)NC(=O)C(O)CCCCCCCC/C=C\CCCCCCCCCC. The highest BCUT2D eigenvalue weighted by Crippen LogP contribution is 2.13. The smallest absolute Gasteiger partial charge is 0.267 e. The minimum atomic E-state index is -4.45. The zero-order valence-electron chi connectivity index (χ0n) is 30.7. The van der Waals surface area contributed by atoms with Gasteiger partial charge < -0.3 is 15.5 Å². The molecule has 0 aliphatic rings. The molecule has 0 aromatic heterocycles. The number of amides is 1. The van der Waals surface area contributed by atoms with E-state index in [4.69, 9.17) is 0 Å². The monoisotopic (exact) mass is 696 g/mol. The number of nitrogens with one attached hydrogen (secondary N) is 1. The molecular weight excluding hydrogens is 623 g/mol. The number of hydrogen-bond donors (Lipinski definition) is 4. The molecular formula is C40H73NO6S. The van der Waals surface area contributed by atoms with Crippen molar-refractivity contribution in [1.29, 1.82) is 0 Å². The molecule has 0 spiro atoms. The summed E-state index contributed by atoms with van der Waals surface area (Å²) >= 11 is 0. The van der Waals surface area contributed by atoms with E-state index in [0.717, 1.165) is 51.4 Å². The Labute approximate surface area is 295 Å². The molecule has 3 unspecified atom stereocenters. The van der Waals surface area contributed by atoms with Crippen LogP contribution in [0, 0.1) is 0 Å². The van der Waals surface area contributed by atoms with Gasteiger partial charge in [-0.1, -0.05) is 152 Å². The molecule has 0 aliphatic carbocycles. The second-order valence-corrected chi connectivity index (χ2v) is 14.8. The third-order valence-corrected chi connectivity index (χ3v) is 9.34. The maximum atomic E-state index is 12.6. The number of carbonyl (C=O) groups is 1. The highest BCUT2D eigenvalue weighted by molar-refractivity contribution is 7.85. The summed E-state index contributed by atoms with van der Waals surface area (Å²) in [5.74, 6) is -1.57. The van der Waals surface area contributed by atoms with Crippen molar-refractivity contribution in [1.82, 2.24) is 5.32 Å². The Morgan fingerprint density at radius 2 is 0.938 bits per heavy atom. The molecule has 48 heavy (non-hydrogen) atoms. The summed E-state index contributed by atoms with van der Waals surface area (Å²) < 4.78 is 32.4. The van der Waals surface area contributed by atoms with Crippen molar-refractivity contribution in [3.05, 3.63) is 48.6 Å². The zero-order valence-corrected chi connectivity index (χ0v) is 31.5. The molecule has 0 radical (unpaired) electrons. The highest BCUT2D eigenvalue weighted by atomic mass is 32.2. The molecule has 0 saturated carbocycles. The fourth-order valence-corrected chi connectivity index (χ4v) is 6.27. The van der Waals surface area contributed by atoms with Crippen LogP contribution in [0.5, 0.6) is 0 Å². The first-order valence-electron chi connectivity index (χ1n) is 19.4. The largest absolute Gasteiger partial charge is 0.387 e. The first-order chi connectivity index (χ1) is 23.2. The predicted octanol–water partition coefficient (Wildman–Crippen LogP) is 10.1. The summed E-state index contributed by atoms with van der Waals surface area (Å²) in [6.07, 6.45) is 41.7. The molecule has 0 rings (SSSR count). The van der Waals surface area contributed by atoms with E-state index in [1.54, 1.807) is 6.08 Å². The maximum absolute atomic E-state index is 12.6. The van der Waals surface area contributed by atoms with Gasteiger partial charge in [-0.15, -0.1) is 0 Å². The number of carbonyl (C=O) groups excluding carboxylic acids is 1. The molecule has 0 bridgehead atoms. The Morgan fingerprint density at radius 1 is 0.562 bits per heavy atom. The second kappa shape index (κ2) is 33.7. The summed E-state index contributed by atoms with van der Waals surface area (Å²) in [6.45, 7) is 4.46. The van der Waals surface area contributed by atoms with Crippen LogP contribution in [0.15, 0.2) is 48.6 Å². The van der Waals surface area contributed by atoms with E-state index in [0.29, 0.717) is 12.8 Å². The van der Waals surface area contributed by atoms with Crippen LogP contribution in [0.2, 0.25) is 0 Å². The Morgan fingerprint density at radius 3 is 1.42 bits per heavy atom. The molecule has 0 aromatic carbocycles. The van der Waals surface area contributed by atoms with E-state index in [1.165, 1.54) is 96.0 Å². The van der Waals surface area contributed by atoms with E-state index in [-0.39, 0.29) is 6.42 Å². The average Bonchev–Trinajstić information content (AvgIpc) is 3.05. The third kappa shape index (κ3) is 32.8. The quantitative estimate of drug-likeness (QED) is 0.0302. The van der Waals surface area contributed by atoms with Gasteiger partial charge in [0.15, 0.2) is 0 Å². The van der Waals surface area contributed by atoms with Crippen molar-refractivity contribution >= 4 is 16.0 Å². The van der Waals surface area contributed by atoms with Crippen molar-refractivity contribution in [2.45, 2.75) is 193 Å². The summed E-state index contributed by atoms with van der Waals surface area (Å²) in [4.78, 5) is 12.6. The Hall–Kier alpha value is -1.74. The first kappa shape index (κ1) is 46.3. The van der Waals surface area contributed by atoms with Gasteiger partial charge >= 0.3 is 0 Å². The number of allylic oxidation sites excluding steroid dienone is 7. The number of rotatable bonds is 34. The summed E-state index contributed by atoms with van der Waals surface area (Å²) in [7, 11) is -4.45. The predicted molar refractivity (Wildman–Crippen MR) is 204 cm³/mol. The van der Waals surface area contributed by atoms with Gasteiger partial charge in [-0.3, -0.25) is 9.35 Å². The Balaban J connectivity index is 4.13. The fraction of sp³-hybridized carbons (Fsp3) is 0.775. The molecule has 8 heteroatoms. The summed E-state index contributed by atoms with van der Waals surface area (Å²) in [5.41, 5.74) is 0. The van der Waals surface area contributed by atoms with Gasteiger partial charge in [-0.25, -0.2) is 0 Å². The van der Waals surface area contributed by atoms with Crippen LogP contribution in [-0.4, -0.2) is 53.1 Å². The zero-order chi connectivity index (χ0) is 35.6. The third-order valence-electron chi connectivity index (χ3n) is 8.56. The van der Waals surface area contributed by atoms with E-state index >= 15 is 0 Å². The van der Waals surface area contributed by atoms with E-state index in [9.17, 15) is 28.0 Å². The van der Waals surface area contributed by atoms with Crippen molar-refractivity contribution in [2.24, 2.45) is 0 Å². The number of aliphatic hydroxyl groups excluding tert-OH is 2. The molecule has 0 saturated heterocycles. The molecule has 0 aliphatic heterocycles. The Bertz CT molecular complexity index is 959. The van der Waals surface area contributed by atoms with Crippen LogP contribution in [-0.2, 0) is 14.9 Å². The maximum Gasteiger partial charge on any atom is 0.267 e. The van der Waals surface area contributed by atoms with Crippen LogP contribution in [0.4, 0.5) is 0 Å². The number of unbranched alkanes of at least 4 members (excludes halogenated alkanes) is 19. The minimum absolute atomic E-state index is 0.263. The normalized spacial score (nSPS) is 14.5. The lowest BCUT2D eigenvalue weighted by molar-refractivity contribution is -0.130. The lowest BCUT2D eigenvalue weighted by Gasteiger charge is -2.22. The van der Waals surface area contributed by atoms with Crippen LogP contribution in [0.25, 0.3) is 0 Å². The molecule has 280 valence electrons. The lowest BCUT2D eigenvalue weighted by Crippen LogP contribution is -2.50. The molecule has 0 heterocycles. The first-order valence-corrected chi connectivity index (χ1v) is 21.1. The molecule has 0 fully saturated rings. The molecule has 3 atom stereocenters. The summed E-state index contributed by atoms with van der Waals surface area (Å²) in [5, 5.41) is 23.3. The van der Waals surface area contributed by atoms with E-state index < -0.39 is 40.0 Å². The number of aliphatic hydroxyl groups is 2. The fourth-order valence-electron chi connectivity index (χ4n) is 5.54. The van der Waals surface area contributed by atoms with Crippen molar-refractivity contribution in [3.63, 3.8) is 0 Å². The van der Waals surface area contributed by atoms with Crippen molar-refractivity contribution < 1.29 is 28.0 Å². The van der Waals surface area contributed by atoms with E-state index in [1.807, 2.05) is 0 Å². The van der Waals surface area contributed by atoms with Crippen LogP contribution >= 0.6 is 0 Å². The molecule has 7 nitrogen and oxygen atoms in total. The molecule has 1 amide bonds. The standard InChI is InChI=1S/C40H73NO6S/c1-3-5-7-9-11-13-15-17-18-19-20-21-23-25-27-29-31-33-35-39(43)40(44)41-37(36-48(45,46)47)38(42)34-32-30-28-26-24-22-16-14-12-10-8-6-4-2/h12,14,19-20,24,26,32,34,37-39,42-43H,3-11,13,15-18,21-23,25,27-31,33,35-36H2,1-2H3,(H,41,44)(H,45,46,47)/b14-12+,20-19-,26-24+,34-32+. The lowest BCUT2D eigenvalue weighted by atomic mass is 10.0. The van der Waals surface area contributed by atoms with Gasteiger partial charge in [0.1, 0.15) is 6.10 Å². The van der Waals surface area contributed by atoms with Crippen LogP contribution in [0.3, 0.4) is 0 Å². The van der Waals surface area contributed by atoms with Gasteiger partial charge in [0.2, 0.25) is 5.91 Å². The van der Waals surface area contributed by atoms with Crippen LogP contribution in [0.1, 0.15) is 174 Å². The van der Waals surface area contributed by atoms with Gasteiger partial charge in [0.25, 0.3) is 10.1 Å². The topological polar surface area (TPSA) is 124 Å². The molecule has 0 aromatic rings. The van der Waals surface area contributed by atoms with Crippen molar-refractivity contribution in [2.75, 3.05) is 5.75 Å². The van der Waals surface area contributed by atoms with Gasteiger partial charge in [-0.2, -0.15) is 8.42 Å². The summed E-state index contributed by atoms with van der Waals surface area (Å²) in [6, 6.07) is -1.26. The average molecular weight is 696 g/mol.